The Morgan fingerprint density at radius 2 is 1.79 bits per heavy atom. The molecule has 3 aromatic rings. The van der Waals surface area contributed by atoms with Crippen molar-refractivity contribution in [2.24, 2.45) is 0 Å². The molecule has 0 N–H and O–H groups in total. The van der Waals surface area contributed by atoms with Gasteiger partial charge in [-0.25, -0.2) is 0 Å². The van der Waals surface area contributed by atoms with E-state index in [2.05, 4.69) is 0 Å². The van der Waals surface area contributed by atoms with Crippen molar-refractivity contribution in [3.05, 3.63) is 93.7 Å². The Kier molecular flexibility index (Phi) is 5.12. The molecule has 0 saturated heterocycles. The van der Waals surface area contributed by atoms with Crippen LogP contribution in [0.2, 0.25) is 0 Å². The highest BCUT2D eigenvalue weighted by Crippen LogP contribution is 2.30. The predicted octanol–water partition coefficient (Wildman–Crippen LogP) is 5.77. The number of nitro benzene ring substituents is 1. The molecule has 0 atom stereocenters. The molecule has 1 heterocycles. The first-order valence-corrected chi connectivity index (χ1v) is 7.98. The summed E-state index contributed by atoms with van der Waals surface area (Å²) in [4.78, 5) is 22.4. The quantitative estimate of drug-likeness (QED) is 0.241. The van der Waals surface area contributed by atoms with Gasteiger partial charge in [0.1, 0.15) is 11.5 Å². The summed E-state index contributed by atoms with van der Waals surface area (Å²) in [5, 5.41) is 10.8. The molecule has 2 aromatic carbocycles. The number of hydrogen-bond donors (Lipinski definition) is 0. The van der Waals surface area contributed by atoms with Crippen LogP contribution in [0.1, 0.15) is 21.7 Å². The molecule has 0 unspecified atom stereocenters. The van der Waals surface area contributed by atoms with E-state index in [9.17, 15) is 28.1 Å². The predicted molar refractivity (Wildman–Crippen MR) is 95.6 cm³/mol. The van der Waals surface area contributed by atoms with Crippen LogP contribution in [0.15, 0.2) is 71.2 Å². The molecule has 0 aliphatic carbocycles. The van der Waals surface area contributed by atoms with E-state index in [1.165, 1.54) is 30.3 Å². The largest absolute Gasteiger partial charge is 0.457 e. The minimum Gasteiger partial charge on any atom is -0.457 e. The van der Waals surface area contributed by atoms with Gasteiger partial charge in [-0.1, -0.05) is 24.3 Å². The Bertz CT molecular complexity index is 1070. The van der Waals surface area contributed by atoms with E-state index >= 15 is 0 Å². The number of benzene rings is 2. The third-order valence-corrected chi connectivity index (χ3v) is 3.84. The summed E-state index contributed by atoms with van der Waals surface area (Å²) in [5.41, 5.74) is -0.613. The molecular weight excluding hydrogens is 375 g/mol. The van der Waals surface area contributed by atoms with Gasteiger partial charge in [0.25, 0.3) is 5.69 Å². The molecule has 142 valence electrons. The molecule has 1 aromatic heterocycles. The summed E-state index contributed by atoms with van der Waals surface area (Å²) in [7, 11) is 0. The molecule has 0 radical (unpaired) electrons. The second kappa shape index (κ2) is 7.51. The van der Waals surface area contributed by atoms with Crippen molar-refractivity contribution in [2.45, 2.75) is 6.18 Å². The number of ketones is 1. The Morgan fingerprint density at radius 1 is 1.04 bits per heavy atom. The first kappa shape index (κ1) is 19.1. The number of carbonyl (C=O) groups excluding carboxylic acids is 1. The summed E-state index contributed by atoms with van der Waals surface area (Å²) in [6, 6.07) is 13.1. The minimum atomic E-state index is -4.53. The van der Waals surface area contributed by atoms with E-state index in [4.69, 9.17) is 4.42 Å². The number of carbonyl (C=O) groups is 1. The maximum atomic E-state index is 12.7. The summed E-state index contributed by atoms with van der Waals surface area (Å²) in [5.74, 6) is 0.0242. The molecule has 8 heteroatoms. The summed E-state index contributed by atoms with van der Waals surface area (Å²) in [6.07, 6.45) is -2.11. The van der Waals surface area contributed by atoms with Crippen LogP contribution in [-0.4, -0.2) is 10.7 Å². The van der Waals surface area contributed by atoms with E-state index in [-0.39, 0.29) is 17.0 Å². The SMILES string of the molecule is O=C(C=Cc1ccc(-c2cccc([N+](=O)[O-])c2)o1)c1cccc(C(F)(F)F)c1. The highest BCUT2D eigenvalue weighted by atomic mass is 19.4. The van der Waals surface area contributed by atoms with Crippen LogP contribution in [0.25, 0.3) is 17.4 Å². The van der Waals surface area contributed by atoms with Gasteiger partial charge in [-0.05, 0) is 36.4 Å². The average molecular weight is 387 g/mol. The van der Waals surface area contributed by atoms with Gasteiger partial charge in [0.2, 0.25) is 0 Å². The number of hydrogen-bond acceptors (Lipinski definition) is 4. The third-order valence-electron chi connectivity index (χ3n) is 3.84. The smallest absolute Gasteiger partial charge is 0.416 e. The first-order valence-electron chi connectivity index (χ1n) is 7.98. The normalized spacial score (nSPS) is 11.7. The fourth-order valence-electron chi connectivity index (χ4n) is 2.47. The van der Waals surface area contributed by atoms with Gasteiger partial charge in [-0.15, -0.1) is 0 Å². The third kappa shape index (κ3) is 4.35. The van der Waals surface area contributed by atoms with Gasteiger partial charge in [0.05, 0.1) is 10.5 Å². The average Bonchev–Trinajstić information content (AvgIpc) is 3.15. The van der Waals surface area contributed by atoms with Gasteiger partial charge >= 0.3 is 6.18 Å². The minimum absolute atomic E-state index is 0.0919. The van der Waals surface area contributed by atoms with E-state index < -0.39 is 22.4 Å². The van der Waals surface area contributed by atoms with Crippen molar-refractivity contribution < 1.29 is 27.3 Å². The summed E-state index contributed by atoms with van der Waals surface area (Å²) in [6.45, 7) is 0. The van der Waals surface area contributed by atoms with Crippen LogP contribution in [0.4, 0.5) is 18.9 Å². The number of nitro groups is 1. The van der Waals surface area contributed by atoms with E-state index in [1.54, 1.807) is 18.2 Å². The number of allylic oxidation sites excluding steroid dienone is 1. The number of nitrogens with zero attached hydrogens (tertiary/aromatic N) is 1. The van der Waals surface area contributed by atoms with Crippen molar-refractivity contribution in [2.75, 3.05) is 0 Å². The second-order valence-electron chi connectivity index (χ2n) is 5.79. The van der Waals surface area contributed by atoms with Gasteiger partial charge < -0.3 is 4.42 Å². The Morgan fingerprint density at radius 3 is 2.50 bits per heavy atom. The number of halogens is 3. The fraction of sp³-hybridized carbons (Fsp3) is 0.0500. The number of non-ortho nitro benzene ring substituents is 1. The molecule has 0 fully saturated rings. The molecule has 28 heavy (non-hydrogen) atoms. The lowest BCUT2D eigenvalue weighted by atomic mass is 10.1. The zero-order chi connectivity index (χ0) is 20.3. The fourth-order valence-corrected chi connectivity index (χ4v) is 2.47. The number of rotatable bonds is 5. The van der Waals surface area contributed by atoms with Crippen molar-refractivity contribution in [1.29, 1.82) is 0 Å². The maximum Gasteiger partial charge on any atom is 0.416 e. The maximum absolute atomic E-state index is 12.7. The van der Waals surface area contributed by atoms with Gasteiger partial charge in [0.15, 0.2) is 5.78 Å². The Hall–Kier alpha value is -3.68. The standard InChI is InChI=1S/C20H12F3NO4/c21-20(22,23)15-5-1-3-13(11-15)18(25)9-7-17-8-10-19(28-17)14-4-2-6-16(12-14)24(26)27/h1-12H. The lowest BCUT2D eigenvalue weighted by Gasteiger charge is -2.06. The molecule has 0 aliphatic heterocycles. The molecule has 3 rings (SSSR count). The van der Waals surface area contributed by atoms with Crippen LogP contribution >= 0.6 is 0 Å². The lowest BCUT2D eigenvalue weighted by molar-refractivity contribution is -0.384. The van der Waals surface area contributed by atoms with E-state index in [1.807, 2.05) is 0 Å². The van der Waals surface area contributed by atoms with Crippen LogP contribution in [0, 0.1) is 10.1 Å². The van der Waals surface area contributed by atoms with Gasteiger partial charge in [-0.2, -0.15) is 13.2 Å². The molecule has 0 bridgehead atoms. The summed E-state index contributed by atoms with van der Waals surface area (Å²) >= 11 is 0. The zero-order valence-electron chi connectivity index (χ0n) is 14.1. The van der Waals surface area contributed by atoms with Crippen LogP contribution < -0.4 is 0 Å². The first-order chi connectivity index (χ1) is 13.2. The van der Waals surface area contributed by atoms with E-state index in [0.717, 1.165) is 24.3 Å². The van der Waals surface area contributed by atoms with Crippen LogP contribution in [0.5, 0.6) is 0 Å². The molecule has 0 saturated carbocycles. The second-order valence-corrected chi connectivity index (χ2v) is 5.79. The Labute approximate surface area is 156 Å². The van der Waals surface area contributed by atoms with Crippen molar-refractivity contribution in [1.82, 2.24) is 0 Å². The van der Waals surface area contributed by atoms with Crippen molar-refractivity contribution >= 4 is 17.5 Å². The molecule has 5 nitrogen and oxygen atoms in total. The zero-order valence-corrected chi connectivity index (χ0v) is 14.1. The number of furan rings is 1. The monoisotopic (exact) mass is 387 g/mol. The highest BCUT2D eigenvalue weighted by Gasteiger charge is 2.30. The Balaban J connectivity index is 1.78. The number of alkyl halides is 3. The van der Waals surface area contributed by atoms with Crippen molar-refractivity contribution in [3.8, 4) is 11.3 Å². The summed E-state index contributed by atoms with van der Waals surface area (Å²) < 4.78 is 43.7. The highest BCUT2D eigenvalue weighted by molar-refractivity contribution is 6.06. The van der Waals surface area contributed by atoms with Gasteiger partial charge in [-0.3, -0.25) is 14.9 Å². The molecule has 0 spiro atoms. The van der Waals surface area contributed by atoms with Crippen molar-refractivity contribution in [3.63, 3.8) is 0 Å². The topological polar surface area (TPSA) is 73.3 Å². The molecular formula is C20H12F3NO4. The lowest BCUT2D eigenvalue weighted by Crippen LogP contribution is -2.06. The molecule has 0 aliphatic rings. The van der Waals surface area contributed by atoms with Crippen LogP contribution in [-0.2, 0) is 6.18 Å². The van der Waals surface area contributed by atoms with Crippen LogP contribution in [0.3, 0.4) is 0 Å². The van der Waals surface area contributed by atoms with Gasteiger partial charge in [0, 0.05) is 23.3 Å². The molecule has 0 amide bonds. The van der Waals surface area contributed by atoms with E-state index in [0.29, 0.717) is 11.3 Å².